The zero-order chi connectivity index (χ0) is 9.80. The van der Waals surface area contributed by atoms with Crippen LogP contribution in [0.5, 0.6) is 0 Å². The van der Waals surface area contributed by atoms with Gasteiger partial charge in [-0.1, -0.05) is 6.42 Å². The average Bonchev–Trinajstić information content (AvgIpc) is 2.87. The molecule has 82 valence electrons. The Morgan fingerprint density at radius 3 is 2.33 bits per heavy atom. The summed E-state index contributed by atoms with van der Waals surface area (Å²) in [4.78, 5) is 0. The minimum absolute atomic E-state index is 0. The largest absolute Gasteiger partial charge is 0.998 e. The molecule has 1 N–H and O–H groups in total. The summed E-state index contributed by atoms with van der Waals surface area (Å²) in [7, 11) is 0. The fraction of sp³-hybridized carbons (Fsp3) is 0.231. The van der Waals surface area contributed by atoms with Crippen molar-refractivity contribution in [3.8, 4) is 0 Å². The van der Waals surface area contributed by atoms with Crippen LogP contribution in [0.3, 0.4) is 0 Å². The maximum absolute atomic E-state index is 9.76. The van der Waals surface area contributed by atoms with E-state index in [1.54, 1.807) is 0 Å². The Morgan fingerprint density at radius 2 is 1.73 bits per heavy atom. The Labute approximate surface area is 101 Å². The van der Waals surface area contributed by atoms with Gasteiger partial charge in [0.05, 0.1) is 0 Å². The monoisotopic (exact) mass is 238 g/mol. The van der Waals surface area contributed by atoms with Crippen molar-refractivity contribution >= 4 is 0 Å². The zero-order valence-corrected chi connectivity index (χ0v) is 9.21. The Balaban J connectivity index is 0.00000112. The van der Waals surface area contributed by atoms with E-state index in [1.165, 1.54) is 0 Å². The van der Waals surface area contributed by atoms with Crippen molar-refractivity contribution in [1.29, 1.82) is 0 Å². The van der Waals surface area contributed by atoms with Crippen LogP contribution < -0.4 is 0 Å². The van der Waals surface area contributed by atoms with E-state index >= 15 is 0 Å². The van der Waals surface area contributed by atoms with Crippen molar-refractivity contribution in [2.75, 3.05) is 0 Å². The Morgan fingerprint density at radius 1 is 1.13 bits per heavy atom. The molecule has 0 aromatic heterocycles. The van der Waals surface area contributed by atoms with Gasteiger partial charge in [0, 0.05) is 23.2 Å². The van der Waals surface area contributed by atoms with Crippen LogP contribution in [0.25, 0.3) is 0 Å². The van der Waals surface area contributed by atoms with Crippen LogP contribution in [-0.2, 0) is 23.5 Å². The molecular weight excluding hydrogens is 228 g/mol. The van der Waals surface area contributed by atoms with Crippen molar-refractivity contribution in [3.63, 3.8) is 0 Å². The summed E-state index contributed by atoms with van der Waals surface area (Å²) in [6, 6.07) is 18.9. The van der Waals surface area contributed by atoms with Crippen LogP contribution in [0.4, 0.5) is 0 Å². The summed E-state index contributed by atoms with van der Waals surface area (Å²) in [5, 5.41) is 9.76. The van der Waals surface area contributed by atoms with Gasteiger partial charge in [-0.05, 0) is 0 Å². The summed E-state index contributed by atoms with van der Waals surface area (Å²) in [6.45, 7) is 0. The van der Waals surface area contributed by atoms with Crippen molar-refractivity contribution in [2.45, 2.75) is 18.9 Å². The van der Waals surface area contributed by atoms with E-state index < -0.39 is 0 Å². The molecule has 0 aliphatic carbocycles. The first-order valence-corrected chi connectivity index (χ1v) is 4.64. The summed E-state index contributed by atoms with van der Waals surface area (Å²) < 4.78 is 0. The first-order valence-electron chi connectivity index (χ1n) is 4.64. The van der Waals surface area contributed by atoms with Crippen molar-refractivity contribution in [3.05, 3.63) is 59.7 Å². The third-order valence-electron chi connectivity index (χ3n) is 2.23. The van der Waals surface area contributed by atoms with Gasteiger partial charge in [0.25, 0.3) is 0 Å². The molecule has 0 radical (unpaired) electrons. The minimum atomic E-state index is -0.387. The fourth-order valence-electron chi connectivity index (χ4n) is 1.43. The van der Waals surface area contributed by atoms with Crippen LogP contribution in [0.1, 0.15) is 23.7 Å². The van der Waals surface area contributed by atoms with E-state index in [0.717, 1.165) is 17.5 Å². The Bertz CT molecular complexity index is 348. The number of aryl methyl sites for hydroxylation is 1. The maximum atomic E-state index is 9.76. The average molecular weight is 238 g/mol. The molecule has 0 saturated heterocycles. The molecule has 0 bridgehead atoms. The number of aliphatic hydroxyl groups is 1. The second kappa shape index (κ2) is 5.92. The molecule has 15 heavy (non-hydrogen) atoms. The third kappa shape index (κ3) is 3.35. The number of rotatable bonds is 4. The predicted molar refractivity (Wildman–Crippen MR) is 52.7 cm³/mol. The quantitative estimate of drug-likeness (QED) is 0.637. The van der Waals surface area contributed by atoms with Gasteiger partial charge in [0.15, 0.2) is 0 Å². The van der Waals surface area contributed by atoms with Crippen molar-refractivity contribution < 1.29 is 22.2 Å². The van der Waals surface area contributed by atoms with Gasteiger partial charge in [-0.25, -0.2) is 18.6 Å². The summed E-state index contributed by atoms with van der Waals surface area (Å²) in [5.41, 5.74) is 1.92. The standard InChI is InChI=1S/C13H10O.Fe/c14-13(12-7-3-4-8-12)10-9-11-5-1-2-6-11;/h3-4,7-8,13-14H,9-10H2;/q-6;. The van der Waals surface area contributed by atoms with E-state index in [0.29, 0.717) is 6.42 Å². The molecule has 0 spiro atoms. The van der Waals surface area contributed by atoms with Gasteiger partial charge in [-0.3, -0.25) is 0 Å². The Hall–Kier alpha value is -0.821. The van der Waals surface area contributed by atoms with E-state index in [1.807, 2.05) is 24.3 Å². The second-order valence-corrected chi connectivity index (χ2v) is 3.25. The van der Waals surface area contributed by atoms with Crippen molar-refractivity contribution in [1.82, 2.24) is 0 Å². The smallest absolute Gasteiger partial charge is 0.0327 e. The number of hydrogen-bond donors (Lipinski definition) is 1. The molecule has 1 unspecified atom stereocenters. The molecule has 2 aromatic rings. The van der Waals surface area contributed by atoms with Gasteiger partial charge in [0.2, 0.25) is 0 Å². The number of hydrogen-bond acceptors (Lipinski definition) is 1. The van der Waals surface area contributed by atoms with Crippen LogP contribution in [0, 0.1) is 24.3 Å². The molecular formula is C13H10FeO-6. The molecule has 2 rings (SSSR count). The van der Waals surface area contributed by atoms with Crippen molar-refractivity contribution in [2.24, 2.45) is 0 Å². The first-order chi connectivity index (χ1) is 6.86. The second-order valence-electron chi connectivity index (χ2n) is 3.25. The van der Waals surface area contributed by atoms with E-state index in [-0.39, 0.29) is 23.2 Å². The van der Waals surface area contributed by atoms with Crippen LogP contribution >= 0.6 is 0 Å². The maximum Gasteiger partial charge on any atom is 0.0327 e. The van der Waals surface area contributed by atoms with Gasteiger partial charge >= 0.3 is 0 Å². The van der Waals surface area contributed by atoms with Gasteiger partial charge in [0.1, 0.15) is 0 Å². The predicted octanol–water partition coefficient (Wildman–Crippen LogP) is 1.99. The summed E-state index contributed by atoms with van der Waals surface area (Å²) in [5.74, 6) is 0. The molecule has 2 aromatic carbocycles. The van der Waals surface area contributed by atoms with E-state index in [9.17, 15) is 5.11 Å². The normalized spacial score (nSPS) is 12.1. The molecule has 0 amide bonds. The fourth-order valence-corrected chi connectivity index (χ4v) is 1.43. The van der Waals surface area contributed by atoms with Gasteiger partial charge < -0.3 is 34.9 Å². The van der Waals surface area contributed by atoms with Crippen LogP contribution in [0.15, 0.2) is 24.3 Å². The first kappa shape index (κ1) is 12.3. The SMILES string of the molecule is OC(CC[c-]1[c-][c-][c-][c-]1)[c-]1cccc1.[Fe]. The number of aliphatic hydroxyl groups excluding tert-OH is 1. The summed E-state index contributed by atoms with van der Waals surface area (Å²) >= 11 is 0. The Kier molecular flexibility index (Phi) is 4.83. The molecule has 1 atom stereocenters. The van der Waals surface area contributed by atoms with Crippen LogP contribution in [0.2, 0.25) is 0 Å². The zero-order valence-electron chi connectivity index (χ0n) is 8.10. The van der Waals surface area contributed by atoms with Gasteiger partial charge in [-0.15, -0.1) is 5.56 Å². The van der Waals surface area contributed by atoms with E-state index in [4.69, 9.17) is 0 Å². The molecule has 0 fully saturated rings. The van der Waals surface area contributed by atoms with Gasteiger partial charge in [-0.2, -0.15) is 12.1 Å². The van der Waals surface area contributed by atoms with Crippen LogP contribution in [-0.4, -0.2) is 5.11 Å². The molecule has 0 aliphatic heterocycles. The topological polar surface area (TPSA) is 20.2 Å². The molecule has 2 heteroatoms. The van der Waals surface area contributed by atoms with E-state index in [2.05, 4.69) is 24.3 Å². The molecule has 0 saturated carbocycles. The minimum Gasteiger partial charge on any atom is -0.998 e. The molecule has 0 aliphatic rings. The summed E-state index contributed by atoms with van der Waals surface area (Å²) in [6.07, 6.45) is 1.08. The molecule has 1 nitrogen and oxygen atoms in total. The third-order valence-corrected chi connectivity index (χ3v) is 2.23. The molecule has 0 heterocycles.